The molecule has 0 bridgehead atoms. The van der Waals surface area contributed by atoms with Crippen molar-refractivity contribution < 1.29 is 13.2 Å². The minimum absolute atomic E-state index is 0.0676. The molecule has 0 aromatic heterocycles. The van der Waals surface area contributed by atoms with E-state index in [1.54, 1.807) is 24.3 Å². The quantitative estimate of drug-likeness (QED) is 0.728. The van der Waals surface area contributed by atoms with Crippen LogP contribution in [-0.2, 0) is 10.0 Å². The molecule has 0 aliphatic carbocycles. The summed E-state index contributed by atoms with van der Waals surface area (Å²) >= 11 is 6.01. The van der Waals surface area contributed by atoms with E-state index < -0.39 is 10.0 Å². The molecule has 3 rings (SSSR count). The largest absolute Gasteiger partial charge is 0.349 e. The van der Waals surface area contributed by atoms with E-state index in [4.69, 9.17) is 11.6 Å². The number of halogens is 1. The van der Waals surface area contributed by atoms with Crippen molar-refractivity contribution in [2.45, 2.75) is 23.8 Å². The molecule has 1 fully saturated rings. The summed E-state index contributed by atoms with van der Waals surface area (Å²) in [5.74, 6) is -0.320. The number of sulfonamides is 1. The molecule has 1 saturated heterocycles. The van der Waals surface area contributed by atoms with Crippen LogP contribution in [0.15, 0.2) is 53.4 Å². The van der Waals surface area contributed by atoms with Gasteiger partial charge in [0.05, 0.1) is 16.1 Å². The van der Waals surface area contributed by atoms with Crippen LogP contribution in [0.5, 0.6) is 0 Å². The zero-order valence-corrected chi connectivity index (χ0v) is 15.6. The molecule has 8 heteroatoms. The van der Waals surface area contributed by atoms with Gasteiger partial charge in [0.15, 0.2) is 0 Å². The topological polar surface area (TPSA) is 87.3 Å². The molecule has 0 saturated carbocycles. The lowest BCUT2D eigenvalue weighted by molar-refractivity contribution is 0.0930. The van der Waals surface area contributed by atoms with E-state index in [2.05, 4.69) is 15.4 Å². The summed E-state index contributed by atoms with van der Waals surface area (Å²) in [5.41, 5.74) is 0.403. The average Bonchev–Trinajstić information content (AvgIpc) is 2.63. The highest BCUT2D eigenvalue weighted by Gasteiger charge is 2.21. The summed E-state index contributed by atoms with van der Waals surface area (Å²) in [6, 6.07) is 12.6. The minimum Gasteiger partial charge on any atom is -0.349 e. The SMILES string of the molecule is O=C(NC1CCNCC1)c1ccc(Cl)cc1NS(=O)(=O)c1ccccc1. The predicted octanol–water partition coefficient (Wildman–Crippen LogP) is 2.62. The highest BCUT2D eigenvalue weighted by Crippen LogP contribution is 2.24. The first kappa shape index (κ1) is 18.7. The van der Waals surface area contributed by atoms with E-state index in [0.717, 1.165) is 25.9 Å². The van der Waals surface area contributed by atoms with Gasteiger partial charge < -0.3 is 10.6 Å². The van der Waals surface area contributed by atoms with Gasteiger partial charge in [-0.2, -0.15) is 0 Å². The van der Waals surface area contributed by atoms with Crippen LogP contribution in [0.1, 0.15) is 23.2 Å². The number of amides is 1. The average molecular weight is 394 g/mol. The highest BCUT2D eigenvalue weighted by atomic mass is 35.5. The highest BCUT2D eigenvalue weighted by molar-refractivity contribution is 7.92. The summed E-state index contributed by atoms with van der Waals surface area (Å²) in [6.07, 6.45) is 1.68. The van der Waals surface area contributed by atoms with E-state index in [9.17, 15) is 13.2 Å². The first-order valence-corrected chi connectivity index (χ1v) is 10.2. The third-order valence-corrected chi connectivity index (χ3v) is 5.81. The Morgan fingerprint density at radius 2 is 1.77 bits per heavy atom. The van der Waals surface area contributed by atoms with E-state index in [0.29, 0.717) is 5.02 Å². The maximum atomic E-state index is 12.7. The van der Waals surface area contributed by atoms with Crippen molar-refractivity contribution in [2.75, 3.05) is 17.8 Å². The van der Waals surface area contributed by atoms with Gasteiger partial charge in [-0.05, 0) is 56.3 Å². The zero-order valence-electron chi connectivity index (χ0n) is 14.0. The standard InChI is InChI=1S/C18H20ClN3O3S/c19-13-6-7-16(18(23)21-14-8-10-20-11-9-14)17(12-13)22-26(24,25)15-4-2-1-3-5-15/h1-7,12,14,20,22H,8-11H2,(H,21,23). The molecule has 0 unspecified atom stereocenters. The number of hydrogen-bond donors (Lipinski definition) is 3. The van der Waals surface area contributed by atoms with Crippen LogP contribution in [0.25, 0.3) is 0 Å². The Balaban J connectivity index is 1.85. The lowest BCUT2D eigenvalue weighted by Gasteiger charge is -2.24. The third kappa shape index (κ3) is 4.55. The van der Waals surface area contributed by atoms with Crippen molar-refractivity contribution in [2.24, 2.45) is 0 Å². The van der Waals surface area contributed by atoms with Crippen molar-refractivity contribution in [3.63, 3.8) is 0 Å². The number of hydrogen-bond acceptors (Lipinski definition) is 4. The second-order valence-electron chi connectivity index (χ2n) is 6.11. The van der Waals surface area contributed by atoms with Gasteiger partial charge in [-0.3, -0.25) is 9.52 Å². The van der Waals surface area contributed by atoms with Crippen LogP contribution in [-0.4, -0.2) is 33.5 Å². The van der Waals surface area contributed by atoms with E-state index in [-0.39, 0.29) is 28.1 Å². The van der Waals surface area contributed by atoms with Crippen molar-refractivity contribution in [3.8, 4) is 0 Å². The minimum atomic E-state index is -3.82. The second kappa shape index (κ2) is 8.07. The van der Waals surface area contributed by atoms with Gasteiger partial charge in [0.1, 0.15) is 0 Å². The molecule has 3 N–H and O–H groups in total. The van der Waals surface area contributed by atoms with E-state index >= 15 is 0 Å². The Morgan fingerprint density at radius 1 is 1.08 bits per heavy atom. The van der Waals surface area contributed by atoms with Crippen LogP contribution in [0.3, 0.4) is 0 Å². The number of benzene rings is 2. The fourth-order valence-electron chi connectivity index (χ4n) is 2.83. The molecule has 0 atom stereocenters. The molecular weight excluding hydrogens is 374 g/mol. The molecule has 2 aromatic carbocycles. The number of piperidine rings is 1. The lowest BCUT2D eigenvalue weighted by atomic mass is 10.1. The van der Waals surface area contributed by atoms with Gasteiger partial charge in [0.25, 0.3) is 15.9 Å². The maximum Gasteiger partial charge on any atom is 0.261 e. The van der Waals surface area contributed by atoms with Gasteiger partial charge in [-0.15, -0.1) is 0 Å². The van der Waals surface area contributed by atoms with Gasteiger partial charge in [-0.1, -0.05) is 29.8 Å². The van der Waals surface area contributed by atoms with Crippen LogP contribution >= 0.6 is 11.6 Å². The summed E-state index contributed by atoms with van der Waals surface area (Å²) < 4.78 is 27.6. The fraction of sp³-hybridized carbons (Fsp3) is 0.278. The number of carbonyl (C=O) groups excluding carboxylic acids is 1. The summed E-state index contributed by atoms with van der Waals surface area (Å²) in [7, 11) is -3.82. The zero-order chi connectivity index (χ0) is 18.6. The smallest absolute Gasteiger partial charge is 0.261 e. The molecule has 0 spiro atoms. The van der Waals surface area contributed by atoms with Crippen molar-refractivity contribution in [3.05, 3.63) is 59.1 Å². The molecule has 26 heavy (non-hydrogen) atoms. The molecule has 1 aliphatic heterocycles. The Morgan fingerprint density at radius 3 is 2.46 bits per heavy atom. The summed E-state index contributed by atoms with van der Waals surface area (Å²) in [6.45, 7) is 1.69. The molecule has 1 heterocycles. The van der Waals surface area contributed by atoms with Crippen LogP contribution < -0.4 is 15.4 Å². The lowest BCUT2D eigenvalue weighted by Crippen LogP contribution is -2.42. The van der Waals surface area contributed by atoms with Crippen molar-refractivity contribution in [1.29, 1.82) is 0 Å². The molecular formula is C18H20ClN3O3S. The van der Waals surface area contributed by atoms with Gasteiger partial charge in [-0.25, -0.2) is 8.42 Å². The van der Waals surface area contributed by atoms with Crippen molar-refractivity contribution in [1.82, 2.24) is 10.6 Å². The summed E-state index contributed by atoms with van der Waals surface area (Å²) in [4.78, 5) is 12.8. The Labute approximate surface area is 158 Å². The van der Waals surface area contributed by atoms with Crippen molar-refractivity contribution >= 4 is 33.2 Å². The molecule has 6 nitrogen and oxygen atoms in total. The van der Waals surface area contributed by atoms with E-state index in [1.165, 1.54) is 24.3 Å². The van der Waals surface area contributed by atoms with Gasteiger partial charge in [0.2, 0.25) is 0 Å². The second-order valence-corrected chi connectivity index (χ2v) is 8.23. The molecule has 0 radical (unpaired) electrons. The summed E-state index contributed by atoms with van der Waals surface area (Å²) in [5, 5.41) is 6.54. The van der Waals surface area contributed by atoms with E-state index in [1.807, 2.05) is 0 Å². The van der Waals surface area contributed by atoms with Crippen LogP contribution in [0.4, 0.5) is 5.69 Å². The Kier molecular flexibility index (Phi) is 5.80. The van der Waals surface area contributed by atoms with Gasteiger partial charge in [0, 0.05) is 11.1 Å². The molecule has 138 valence electrons. The third-order valence-electron chi connectivity index (χ3n) is 4.20. The molecule has 2 aromatic rings. The molecule has 1 amide bonds. The molecule has 1 aliphatic rings. The van der Waals surface area contributed by atoms with Crippen LogP contribution in [0.2, 0.25) is 5.02 Å². The number of anilines is 1. The fourth-order valence-corrected chi connectivity index (χ4v) is 4.10. The first-order valence-electron chi connectivity index (χ1n) is 8.35. The first-order chi connectivity index (χ1) is 12.5. The predicted molar refractivity (Wildman–Crippen MR) is 102 cm³/mol. The number of rotatable bonds is 5. The van der Waals surface area contributed by atoms with Gasteiger partial charge >= 0.3 is 0 Å². The van der Waals surface area contributed by atoms with Crippen LogP contribution in [0, 0.1) is 0 Å². The number of carbonyl (C=O) groups is 1. The number of nitrogens with one attached hydrogen (secondary N) is 3. The maximum absolute atomic E-state index is 12.7. The Hall–Kier alpha value is -2.09. The monoisotopic (exact) mass is 393 g/mol. The Bertz CT molecular complexity index is 882. The normalized spacial score (nSPS) is 15.4.